The third-order valence-electron chi connectivity index (χ3n) is 2.95. The zero-order chi connectivity index (χ0) is 12.6. The zero-order valence-electron chi connectivity index (χ0n) is 11.7. The number of hydrogen-bond acceptors (Lipinski definition) is 3. The fourth-order valence-electron chi connectivity index (χ4n) is 2.04. The van der Waals surface area contributed by atoms with Crippen molar-refractivity contribution in [2.24, 2.45) is 0 Å². The van der Waals surface area contributed by atoms with Crippen molar-refractivity contribution >= 4 is 0 Å². The molecule has 0 saturated heterocycles. The lowest BCUT2D eigenvalue weighted by atomic mass is 9.97. The molecule has 0 aliphatic carbocycles. The van der Waals surface area contributed by atoms with Crippen LogP contribution in [0.15, 0.2) is 0 Å². The Bertz CT molecular complexity index is 173. The molecule has 0 amide bonds. The first-order valence-corrected chi connectivity index (χ1v) is 6.58. The van der Waals surface area contributed by atoms with Crippen LogP contribution in [0.2, 0.25) is 0 Å². The lowest BCUT2D eigenvalue weighted by Gasteiger charge is -2.33. The Morgan fingerprint density at radius 3 is 2.25 bits per heavy atom. The molecule has 98 valence electrons. The summed E-state index contributed by atoms with van der Waals surface area (Å²) < 4.78 is 0. The molecular weight excluding hydrogens is 200 g/mol. The standard InChI is InChI=1S/C13H30N2O/c1-6-9-15(7-2)10-8-13(5,11-16)14-12(3)4/h12,14,16H,6-11H2,1-5H3. The van der Waals surface area contributed by atoms with Gasteiger partial charge in [-0.3, -0.25) is 0 Å². The van der Waals surface area contributed by atoms with Crippen molar-refractivity contribution in [1.82, 2.24) is 10.2 Å². The Hall–Kier alpha value is -0.120. The van der Waals surface area contributed by atoms with Gasteiger partial charge in [0.2, 0.25) is 0 Å². The maximum atomic E-state index is 9.47. The molecular formula is C13H30N2O. The molecule has 0 aliphatic heterocycles. The number of nitrogens with zero attached hydrogens (tertiary/aromatic N) is 1. The Balaban J connectivity index is 4.10. The van der Waals surface area contributed by atoms with Gasteiger partial charge >= 0.3 is 0 Å². The molecule has 16 heavy (non-hydrogen) atoms. The predicted molar refractivity (Wildman–Crippen MR) is 70.8 cm³/mol. The minimum Gasteiger partial charge on any atom is -0.394 e. The summed E-state index contributed by atoms with van der Waals surface area (Å²) in [5.74, 6) is 0. The first kappa shape index (κ1) is 15.9. The highest BCUT2D eigenvalue weighted by Gasteiger charge is 2.24. The minimum atomic E-state index is -0.144. The van der Waals surface area contributed by atoms with Crippen LogP contribution < -0.4 is 5.32 Å². The molecule has 0 aromatic carbocycles. The van der Waals surface area contributed by atoms with Gasteiger partial charge in [0.25, 0.3) is 0 Å². The lowest BCUT2D eigenvalue weighted by Crippen LogP contribution is -2.50. The summed E-state index contributed by atoms with van der Waals surface area (Å²) in [6.07, 6.45) is 2.19. The van der Waals surface area contributed by atoms with Gasteiger partial charge in [-0.1, -0.05) is 27.7 Å². The van der Waals surface area contributed by atoms with E-state index in [4.69, 9.17) is 0 Å². The Labute approximate surface area is 101 Å². The number of aliphatic hydroxyl groups excluding tert-OH is 1. The minimum absolute atomic E-state index is 0.144. The first-order chi connectivity index (χ1) is 7.47. The summed E-state index contributed by atoms with van der Waals surface area (Å²) in [6.45, 7) is 14.3. The highest BCUT2D eigenvalue weighted by Crippen LogP contribution is 2.11. The van der Waals surface area contributed by atoms with E-state index in [-0.39, 0.29) is 12.1 Å². The molecule has 0 aromatic heterocycles. The predicted octanol–water partition coefficient (Wildman–Crippen LogP) is 1.86. The lowest BCUT2D eigenvalue weighted by molar-refractivity contribution is 0.139. The normalized spacial score (nSPS) is 15.8. The molecule has 1 atom stereocenters. The van der Waals surface area contributed by atoms with Crippen LogP contribution >= 0.6 is 0 Å². The molecule has 0 bridgehead atoms. The average Bonchev–Trinajstić information content (AvgIpc) is 2.23. The highest BCUT2D eigenvalue weighted by molar-refractivity contribution is 4.84. The van der Waals surface area contributed by atoms with Crippen molar-refractivity contribution in [2.75, 3.05) is 26.2 Å². The largest absolute Gasteiger partial charge is 0.394 e. The summed E-state index contributed by atoms with van der Waals surface area (Å²) in [5, 5.41) is 12.9. The molecule has 0 heterocycles. The smallest absolute Gasteiger partial charge is 0.0611 e. The van der Waals surface area contributed by atoms with Gasteiger partial charge in [0, 0.05) is 11.6 Å². The number of hydrogen-bond donors (Lipinski definition) is 2. The van der Waals surface area contributed by atoms with Gasteiger partial charge in [-0.2, -0.15) is 0 Å². The van der Waals surface area contributed by atoms with E-state index in [0.717, 1.165) is 26.1 Å². The van der Waals surface area contributed by atoms with E-state index in [1.165, 1.54) is 6.42 Å². The number of rotatable bonds is 9. The monoisotopic (exact) mass is 230 g/mol. The molecule has 0 saturated carbocycles. The number of nitrogens with one attached hydrogen (secondary N) is 1. The van der Waals surface area contributed by atoms with Crippen molar-refractivity contribution in [3.63, 3.8) is 0 Å². The average molecular weight is 230 g/mol. The van der Waals surface area contributed by atoms with Crippen LogP contribution in [0, 0.1) is 0 Å². The van der Waals surface area contributed by atoms with Crippen LogP contribution in [0.3, 0.4) is 0 Å². The van der Waals surface area contributed by atoms with Crippen molar-refractivity contribution < 1.29 is 5.11 Å². The second-order valence-electron chi connectivity index (χ2n) is 5.20. The van der Waals surface area contributed by atoms with Gasteiger partial charge in [0.15, 0.2) is 0 Å². The van der Waals surface area contributed by atoms with Crippen LogP contribution in [0.25, 0.3) is 0 Å². The van der Waals surface area contributed by atoms with Crippen LogP contribution in [0.5, 0.6) is 0 Å². The summed E-state index contributed by atoms with van der Waals surface area (Å²) in [7, 11) is 0. The summed E-state index contributed by atoms with van der Waals surface area (Å²) in [4.78, 5) is 2.44. The van der Waals surface area contributed by atoms with Gasteiger partial charge in [-0.25, -0.2) is 0 Å². The van der Waals surface area contributed by atoms with Gasteiger partial charge < -0.3 is 15.3 Å². The SMILES string of the molecule is CCCN(CC)CCC(C)(CO)NC(C)C. The second-order valence-corrected chi connectivity index (χ2v) is 5.20. The Morgan fingerprint density at radius 1 is 1.25 bits per heavy atom. The van der Waals surface area contributed by atoms with Crippen molar-refractivity contribution in [2.45, 2.75) is 59.0 Å². The van der Waals surface area contributed by atoms with E-state index >= 15 is 0 Å². The van der Waals surface area contributed by atoms with E-state index in [1.807, 2.05) is 0 Å². The van der Waals surface area contributed by atoms with Crippen molar-refractivity contribution in [3.05, 3.63) is 0 Å². The molecule has 3 nitrogen and oxygen atoms in total. The van der Waals surface area contributed by atoms with Crippen LogP contribution in [0.4, 0.5) is 0 Å². The van der Waals surface area contributed by atoms with E-state index in [1.54, 1.807) is 0 Å². The third-order valence-corrected chi connectivity index (χ3v) is 2.95. The zero-order valence-corrected chi connectivity index (χ0v) is 11.7. The Morgan fingerprint density at radius 2 is 1.88 bits per heavy atom. The van der Waals surface area contributed by atoms with E-state index in [2.05, 4.69) is 44.8 Å². The second kappa shape index (κ2) is 8.04. The molecule has 0 radical (unpaired) electrons. The summed E-state index contributed by atoms with van der Waals surface area (Å²) in [5.41, 5.74) is -0.144. The summed E-state index contributed by atoms with van der Waals surface area (Å²) in [6, 6.07) is 0.415. The first-order valence-electron chi connectivity index (χ1n) is 6.58. The van der Waals surface area contributed by atoms with Gasteiger partial charge in [0.1, 0.15) is 0 Å². The Kier molecular flexibility index (Phi) is 7.98. The van der Waals surface area contributed by atoms with Crippen LogP contribution in [0.1, 0.15) is 47.5 Å². The summed E-state index contributed by atoms with van der Waals surface area (Å²) >= 11 is 0. The quantitative estimate of drug-likeness (QED) is 0.634. The number of aliphatic hydroxyl groups is 1. The van der Waals surface area contributed by atoms with Gasteiger partial charge in [-0.15, -0.1) is 0 Å². The van der Waals surface area contributed by atoms with Gasteiger partial charge in [0.05, 0.1) is 6.61 Å². The molecule has 1 unspecified atom stereocenters. The fourth-order valence-corrected chi connectivity index (χ4v) is 2.04. The van der Waals surface area contributed by atoms with Gasteiger partial charge in [-0.05, 0) is 39.4 Å². The topological polar surface area (TPSA) is 35.5 Å². The van der Waals surface area contributed by atoms with E-state index in [9.17, 15) is 5.11 Å². The maximum absolute atomic E-state index is 9.47. The third kappa shape index (κ3) is 6.46. The van der Waals surface area contributed by atoms with Crippen LogP contribution in [-0.2, 0) is 0 Å². The van der Waals surface area contributed by atoms with Crippen molar-refractivity contribution in [3.8, 4) is 0 Å². The van der Waals surface area contributed by atoms with Crippen molar-refractivity contribution in [1.29, 1.82) is 0 Å². The molecule has 2 N–H and O–H groups in total. The van der Waals surface area contributed by atoms with E-state index < -0.39 is 0 Å². The molecule has 3 heteroatoms. The highest BCUT2D eigenvalue weighted by atomic mass is 16.3. The van der Waals surface area contributed by atoms with E-state index in [0.29, 0.717) is 6.04 Å². The molecule has 0 aromatic rings. The molecule has 0 fully saturated rings. The van der Waals surface area contributed by atoms with Crippen LogP contribution in [-0.4, -0.2) is 47.8 Å². The maximum Gasteiger partial charge on any atom is 0.0611 e. The molecule has 0 rings (SSSR count). The fraction of sp³-hybridized carbons (Fsp3) is 1.00. The molecule has 0 spiro atoms. The molecule has 0 aliphatic rings.